The highest BCUT2D eigenvalue weighted by Gasteiger charge is 2.19. The Bertz CT molecular complexity index is 1140. The van der Waals surface area contributed by atoms with Crippen molar-refractivity contribution in [1.82, 2.24) is 19.5 Å². The predicted octanol–water partition coefficient (Wildman–Crippen LogP) is 1.71. The van der Waals surface area contributed by atoms with Crippen molar-refractivity contribution in [2.75, 3.05) is 26.0 Å². The maximum atomic E-state index is 12.3. The van der Waals surface area contributed by atoms with Gasteiger partial charge < -0.3 is 10.2 Å². The molecule has 1 amide bonds. The molecule has 0 bridgehead atoms. The number of amides is 1. The van der Waals surface area contributed by atoms with E-state index in [1.807, 2.05) is 6.92 Å². The van der Waals surface area contributed by atoms with Crippen molar-refractivity contribution in [2.45, 2.75) is 11.8 Å². The van der Waals surface area contributed by atoms with E-state index < -0.39 is 15.9 Å². The van der Waals surface area contributed by atoms with E-state index in [0.717, 1.165) is 14.7 Å². The molecule has 0 saturated carbocycles. The number of anilines is 1. The van der Waals surface area contributed by atoms with Crippen molar-refractivity contribution in [3.63, 3.8) is 0 Å². The standard InChI is InChI=1S/C17H18ClN5O4S/c1-11-4-5-12(8-14(11)18)19-17(24)10-27-23-16-9-13(28(25,26)22(2)3)6-7-15(16)20-21-23/h4-9H,10H2,1-3H3,(H,19,24). The van der Waals surface area contributed by atoms with E-state index in [1.165, 1.54) is 32.3 Å². The first-order valence-electron chi connectivity index (χ1n) is 8.16. The molecule has 148 valence electrons. The van der Waals surface area contributed by atoms with E-state index in [4.69, 9.17) is 16.4 Å². The molecule has 0 aliphatic heterocycles. The molecule has 1 heterocycles. The Kier molecular flexibility index (Phi) is 5.54. The number of hydrogen-bond acceptors (Lipinski definition) is 6. The fourth-order valence-corrected chi connectivity index (χ4v) is 3.43. The Labute approximate surface area is 166 Å². The van der Waals surface area contributed by atoms with E-state index in [9.17, 15) is 13.2 Å². The van der Waals surface area contributed by atoms with Crippen molar-refractivity contribution in [3.8, 4) is 0 Å². The average molecular weight is 424 g/mol. The number of aromatic nitrogens is 3. The van der Waals surface area contributed by atoms with Gasteiger partial charge in [-0.05, 0) is 48.0 Å². The molecule has 0 spiro atoms. The van der Waals surface area contributed by atoms with Gasteiger partial charge in [0.2, 0.25) is 10.0 Å². The zero-order valence-corrected chi connectivity index (χ0v) is 17.0. The largest absolute Gasteiger partial charge is 0.385 e. The Hall–Kier alpha value is -2.69. The lowest BCUT2D eigenvalue weighted by Gasteiger charge is -2.11. The van der Waals surface area contributed by atoms with E-state index >= 15 is 0 Å². The number of fused-ring (bicyclic) bond motifs is 1. The Morgan fingerprint density at radius 1 is 1.25 bits per heavy atom. The fourth-order valence-electron chi connectivity index (χ4n) is 2.33. The molecule has 0 aliphatic carbocycles. The molecule has 11 heteroatoms. The molecule has 3 rings (SSSR count). The summed E-state index contributed by atoms with van der Waals surface area (Å²) < 4.78 is 25.7. The van der Waals surface area contributed by atoms with E-state index in [1.54, 1.807) is 18.2 Å². The van der Waals surface area contributed by atoms with Gasteiger partial charge in [-0.2, -0.15) is 0 Å². The zero-order valence-electron chi connectivity index (χ0n) is 15.4. The summed E-state index contributed by atoms with van der Waals surface area (Å²) in [5.74, 6) is -0.430. The molecule has 0 atom stereocenters. The molecule has 3 aromatic rings. The average Bonchev–Trinajstić information content (AvgIpc) is 3.05. The van der Waals surface area contributed by atoms with Crippen molar-refractivity contribution in [2.24, 2.45) is 0 Å². The van der Waals surface area contributed by atoms with E-state index in [0.29, 0.717) is 21.7 Å². The summed E-state index contributed by atoms with van der Waals surface area (Å²) in [7, 11) is -0.750. The summed E-state index contributed by atoms with van der Waals surface area (Å²) in [4.78, 5) is 18.6. The van der Waals surface area contributed by atoms with Gasteiger partial charge in [-0.1, -0.05) is 22.5 Å². The molecule has 0 radical (unpaired) electrons. The van der Waals surface area contributed by atoms with Gasteiger partial charge in [-0.25, -0.2) is 12.7 Å². The molecule has 1 N–H and O–H groups in total. The van der Waals surface area contributed by atoms with E-state index in [2.05, 4.69) is 15.6 Å². The number of hydrogen-bond donors (Lipinski definition) is 1. The Morgan fingerprint density at radius 2 is 2.00 bits per heavy atom. The minimum absolute atomic E-state index is 0.0656. The minimum Gasteiger partial charge on any atom is -0.385 e. The number of nitrogens with zero attached hydrogens (tertiary/aromatic N) is 4. The van der Waals surface area contributed by atoms with Crippen molar-refractivity contribution in [3.05, 3.63) is 47.0 Å². The first-order valence-corrected chi connectivity index (χ1v) is 9.97. The summed E-state index contributed by atoms with van der Waals surface area (Å²) in [6.07, 6.45) is 0. The number of halogens is 1. The van der Waals surface area contributed by atoms with Gasteiger partial charge in [0.1, 0.15) is 11.0 Å². The summed E-state index contributed by atoms with van der Waals surface area (Å²) >= 11 is 6.04. The molecule has 0 aliphatic rings. The van der Waals surface area contributed by atoms with Crippen LogP contribution in [-0.2, 0) is 14.8 Å². The summed E-state index contributed by atoms with van der Waals surface area (Å²) in [5, 5.41) is 10.9. The lowest BCUT2D eigenvalue weighted by Crippen LogP contribution is -2.26. The summed E-state index contributed by atoms with van der Waals surface area (Å²) in [6, 6.07) is 9.50. The van der Waals surface area contributed by atoms with Gasteiger partial charge in [0.15, 0.2) is 6.61 Å². The third kappa shape index (κ3) is 4.08. The van der Waals surface area contributed by atoms with Crippen LogP contribution in [-0.4, -0.2) is 54.5 Å². The normalized spacial score (nSPS) is 11.8. The fraction of sp³-hybridized carbons (Fsp3) is 0.235. The molecule has 2 aromatic carbocycles. The van der Waals surface area contributed by atoms with E-state index in [-0.39, 0.29) is 11.5 Å². The number of carbonyl (C=O) groups excluding carboxylic acids is 1. The topological polar surface area (TPSA) is 106 Å². The highest BCUT2D eigenvalue weighted by molar-refractivity contribution is 7.89. The third-order valence-corrected chi connectivity index (χ3v) is 6.16. The van der Waals surface area contributed by atoms with Gasteiger partial charge in [-0.15, -0.1) is 5.10 Å². The van der Waals surface area contributed by atoms with Crippen molar-refractivity contribution >= 4 is 44.3 Å². The van der Waals surface area contributed by atoms with Gasteiger partial charge in [0.25, 0.3) is 5.91 Å². The molecule has 1 aromatic heterocycles. The lowest BCUT2D eigenvalue weighted by molar-refractivity contribution is -0.121. The maximum Gasteiger partial charge on any atom is 0.265 e. The molecule has 9 nitrogen and oxygen atoms in total. The van der Waals surface area contributed by atoms with Crippen LogP contribution in [0.25, 0.3) is 11.0 Å². The van der Waals surface area contributed by atoms with Crippen LogP contribution in [0.4, 0.5) is 5.69 Å². The minimum atomic E-state index is -3.63. The second-order valence-corrected chi connectivity index (χ2v) is 8.74. The van der Waals surface area contributed by atoms with Gasteiger partial charge in [0, 0.05) is 24.8 Å². The van der Waals surface area contributed by atoms with Crippen LogP contribution in [0.5, 0.6) is 0 Å². The molecular formula is C17H18ClN5O4S. The predicted molar refractivity (Wildman–Crippen MR) is 105 cm³/mol. The maximum absolute atomic E-state index is 12.3. The van der Waals surface area contributed by atoms with Crippen LogP contribution in [0.1, 0.15) is 5.56 Å². The number of sulfonamides is 1. The SMILES string of the molecule is Cc1ccc(NC(=O)COn2nnc3ccc(S(=O)(=O)N(C)C)cc32)cc1Cl. The second kappa shape index (κ2) is 7.74. The highest BCUT2D eigenvalue weighted by atomic mass is 35.5. The van der Waals surface area contributed by atoms with Crippen LogP contribution in [0.15, 0.2) is 41.3 Å². The molecule has 0 saturated heterocycles. The van der Waals surface area contributed by atoms with Crippen molar-refractivity contribution < 1.29 is 18.0 Å². The number of aryl methyl sites for hydroxylation is 1. The van der Waals surface area contributed by atoms with Crippen LogP contribution in [0, 0.1) is 6.92 Å². The molecule has 0 unspecified atom stereocenters. The quantitative estimate of drug-likeness (QED) is 0.646. The van der Waals surface area contributed by atoms with Crippen LogP contribution >= 0.6 is 11.6 Å². The Morgan fingerprint density at radius 3 is 2.68 bits per heavy atom. The monoisotopic (exact) mass is 423 g/mol. The smallest absolute Gasteiger partial charge is 0.265 e. The van der Waals surface area contributed by atoms with Gasteiger partial charge in [-0.3, -0.25) is 4.79 Å². The van der Waals surface area contributed by atoms with Crippen LogP contribution < -0.4 is 10.2 Å². The first-order chi connectivity index (χ1) is 13.2. The van der Waals surface area contributed by atoms with Crippen LogP contribution in [0.2, 0.25) is 5.02 Å². The zero-order chi connectivity index (χ0) is 20.5. The number of nitrogens with one attached hydrogen (secondary N) is 1. The highest BCUT2D eigenvalue weighted by Crippen LogP contribution is 2.20. The molecule has 28 heavy (non-hydrogen) atoms. The number of benzene rings is 2. The van der Waals surface area contributed by atoms with Gasteiger partial charge >= 0.3 is 0 Å². The molecule has 0 fully saturated rings. The number of carbonyl (C=O) groups is 1. The van der Waals surface area contributed by atoms with Crippen LogP contribution in [0.3, 0.4) is 0 Å². The second-order valence-electron chi connectivity index (χ2n) is 6.19. The Balaban J connectivity index is 1.75. The first kappa shape index (κ1) is 20.1. The summed E-state index contributed by atoms with van der Waals surface area (Å²) in [6.45, 7) is 1.51. The molecular weight excluding hydrogens is 406 g/mol. The van der Waals surface area contributed by atoms with Gasteiger partial charge in [0.05, 0.1) is 4.90 Å². The van der Waals surface area contributed by atoms with Crippen molar-refractivity contribution in [1.29, 1.82) is 0 Å². The number of rotatable bonds is 6. The third-order valence-electron chi connectivity index (χ3n) is 3.94. The lowest BCUT2D eigenvalue weighted by atomic mass is 10.2. The summed E-state index contributed by atoms with van der Waals surface area (Å²) in [5.41, 5.74) is 2.19.